The lowest BCUT2D eigenvalue weighted by Gasteiger charge is -2.26. The molecular formula is C22H25N3OS. The van der Waals surface area contributed by atoms with Gasteiger partial charge in [-0.1, -0.05) is 42.5 Å². The number of amides is 2. The van der Waals surface area contributed by atoms with Crippen LogP contribution in [0.1, 0.15) is 22.9 Å². The van der Waals surface area contributed by atoms with Crippen molar-refractivity contribution in [1.29, 1.82) is 0 Å². The van der Waals surface area contributed by atoms with Gasteiger partial charge in [-0.3, -0.25) is 0 Å². The quantitative estimate of drug-likeness (QED) is 0.631. The molecule has 0 saturated carbocycles. The fourth-order valence-electron chi connectivity index (χ4n) is 3.65. The summed E-state index contributed by atoms with van der Waals surface area (Å²) in [7, 11) is 0. The van der Waals surface area contributed by atoms with Crippen LogP contribution < -0.4 is 16.0 Å². The van der Waals surface area contributed by atoms with E-state index in [4.69, 9.17) is 0 Å². The number of rotatable bonds is 5. The molecule has 3 N–H and O–H groups in total. The van der Waals surface area contributed by atoms with Gasteiger partial charge in [-0.25, -0.2) is 4.79 Å². The Kier molecular flexibility index (Phi) is 5.41. The number of benzene rings is 2. The van der Waals surface area contributed by atoms with Crippen molar-refractivity contribution in [2.45, 2.75) is 38.4 Å². The highest BCUT2D eigenvalue weighted by molar-refractivity contribution is 7.19. The molecule has 0 fully saturated rings. The molecule has 140 valence electrons. The molecule has 2 amide bonds. The summed E-state index contributed by atoms with van der Waals surface area (Å²) in [6, 6.07) is 19.4. The average molecular weight is 380 g/mol. The molecule has 1 aliphatic rings. The van der Waals surface area contributed by atoms with Crippen LogP contribution >= 0.6 is 11.3 Å². The van der Waals surface area contributed by atoms with E-state index in [9.17, 15) is 4.79 Å². The number of carbonyl (C=O) groups is 1. The van der Waals surface area contributed by atoms with E-state index < -0.39 is 0 Å². The third-order valence-corrected chi connectivity index (χ3v) is 6.17. The van der Waals surface area contributed by atoms with Crippen LogP contribution in [0.15, 0.2) is 54.6 Å². The zero-order valence-corrected chi connectivity index (χ0v) is 16.3. The van der Waals surface area contributed by atoms with Crippen LogP contribution in [0.4, 0.5) is 4.79 Å². The van der Waals surface area contributed by atoms with Crippen LogP contribution in [0.2, 0.25) is 0 Å². The third kappa shape index (κ3) is 4.49. The van der Waals surface area contributed by atoms with Crippen molar-refractivity contribution >= 4 is 27.5 Å². The lowest BCUT2D eigenvalue weighted by atomic mass is 9.96. The van der Waals surface area contributed by atoms with Crippen molar-refractivity contribution in [3.8, 4) is 0 Å². The molecule has 0 saturated heterocycles. The van der Waals surface area contributed by atoms with Crippen LogP contribution in [0, 0.1) is 0 Å². The summed E-state index contributed by atoms with van der Waals surface area (Å²) < 4.78 is 1.30. The fraction of sp³-hybridized carbons (Fsp3) is 0.318. The van der Waals surface area contributed by atoms with Crippen molar-refractivity contribution in [2.24, 2.45) is 0 Å². The first-order valence-electron chi connectivity index (χ1n) is 9.49. The topological polar surface area (TPSA) is 53.2 Å². The molecule has 3 aromatic rings. The third-order valence-electron chi connectivity index (χ3n) is 5.04. The van der Waals surface area contributed by atoms with Crippen molar-refractivity contribution in [3.05, 3.63) is 70.6 Å². The number of carbonyl (C=O) groups excluding carboxylic acids is 1. The zero-order valence-electron chi connectivity index (χ0n) is 15.5. The first-order valence-corrected chi connectivity index (χ1v) is 10.3. The molecule has 2 aromatic carbocycles. The summed E-state index contributed by atoms with van der Waals surface area (Å²) >= 11 is 1.80. The highest BCUT2D eigenvalue weighted by atomic mass is 32.1. The Morgan fingerprint density at radius 2 is 1.96 bits per heavy atom. The lowest BCUT2D eigenvalue weighted by molar-refractivity contribution is 0.236. The summed E-state index contributed by atoms with van der Waals surface area (Å²) in [5.41, 5.74) is 2.73. The van der Waals surface area contributed by atoms with Crippen molar-refractivity contribution < 1.29 is 4.79 Å². The van der Waals surface area contributed by atoms with Gasteiger partial charge in [0.15, 0.2) is 0 Å². The second kappa shape index (κ2) is 8.11. The van der Waals surface area contributed by atoms with E-state index in [0.29, 0.717) is 6.54 Å². The summed E-state index contributed by atoms with van der Waals surface area (Å²) in [6.07, 6.45) is 1.80. The van der Waals surface area contributed by atoms with Gasteiger partial charge in [-0.15, -0.1) is 11.3 Å². The van der Waals surface area contributed by atoms with Crippen LogP contribution in [-0.2, 0) is 19.4 Å². The molecule has 2 heterocycles. The van der Waals surface area contributed by atoms with Crippen LogP contribution in [0.3, 0.4) is 0 Å². The standard InChI is InChI=1S/C22H25N3OS/c1-15(10-20-12-17-7-4-5-9-21(17)27-20)25-22(26)24-14-19-11-16-6-2-3-8-18(16)13-23-19/h2-9,12,15,19,23H,10-11,13-14H2,1H3,(H2,24,25,26)/t15-,19?/m1/s1. The number of urea groups is 1. The molecule has 27 heavy (non-hydrogen) atoms. The molecule has 4 rings (SSSR count). The van der Waals surface area contributed by atoms with Gasteiger partial charge < -0.3 is 16.0 Å². The van der Waals surface area contributed by atoms with Crippen LogP contribution in [-0.4, -0.2) is 24.7 Å². The van der Waals surface area contributed by atoms with E-state index in [0.717, 1.165) is 19.4 Å². The normalized spacial score (nSPS) is 17.3. The van der Waals surface area contributed by atoms with Gasteiger partial charge in [0.25, 0.3) is 0 Å². The highest BCUT2D eigenvalue weighted by Gasteiger charge is 2.18. The Morgan fingerprint density at radius 3 is 2.81 bits per heavy atom. The Bertz CT molecular complexity index is 903. The lowest BCUT2D eigenvalue weighted by Crippen LogP contribution is -2.48. The molecule has 0 spiro atoms. The minimum Gasteiger partial charge on any atom is -0.337 e. The second-order valence-electron chi connectivity index (χ2n) is 7.26. The van der Waals surface area contributed by atoms with E-state index >= 15 is 0 Å². The Morgan fingerprint density at radius 1 is 1.19 bits per heavy atom. The minimum absolute atomic E-state index is 0.0933. The van der Waals surface area contributed by atoms with E-state index in [2.05, 4.69) is 77.5 Å². The summed E-state index contributed by atoms with van der Waals surface area (Å²) in [5.74, 6) is 0. The monoisotopic (exact) mass is 379 g/mol. The maximum Gasteiger partial charge on any atom is 0.315 e. The van der Waals surface area contributed by atoms with E-state index in [1.807, 2.05) is 0 Å². The Hall–Kier alpha value is -2.37. The molecule has 1 unspecified atom stereocenters. The van der Waals surface area contributed by atoms with Gasteiger partial charge in [-0.05, 0) is 42.0 Å². The summed E-state index contributed by atoms with van der Waals surface area (Å²) in [5, 5.41) is 10.9. The Labute approximate surface area is 164 Å². The van der Waals surface area contributed by atoms with Crippen LogP contribution in [0.25, 0.3) is 10.1 Å². The second-order valence-corrected chi connectivity index (χ2v) is 8.43. The van der Waals surface area contributed by atoms with Crippen LogP contribution in [0.5, 0.6) is 0 Å². The Balaban J connectivity index is 1.24. The summed E-state index contributed by atoms with van der Waals surface area (Å²) in [4.78, 5) is 13.6. The maximum absolute atomic E-state index is 12.3. The molecule has 0 radical (unpaired) electrons. The average Bonchev–Trinajstić information content (AvgIpc) is 3.08. The van der Waals surface area contributed by atoms with Gasteiger partial charge in [0.2, 0.25) is 0 Å². The molecule has 0 bridgehead atoms. The molecule has 1 aliphatic heterocycles. The zero-order chi connectivity index (χ0) is 18.6. The molecular weight excluding hydrogens is 354 g/mol. The smallest absolute Gasteiger partial charge is 0.315 e. The number of nitrogens with one attached hydrogen (secondary N) is 3. The van der Waals surface area contributed by atoms with Gasteiger partial charge in [0.05, 0.1) is 0 Å². The predicted molar refractivity (Wildman–Crippen MR) is 112 cm³/mol. The van der Waals surface area contributed by atoms with Gasteiger partial charge in [0, 0.05) is 41.2 Å². The SMILES string of the molecule is C[C@H](Cc1cc2ccccc2s1)NC(=O)NCC1Cc2ccccc2CN1. The molecule has 4 nitrogen and oxygen atoms in total. The van der Waals surface area contributed by atoms with Crippen molar-refractivity contribution in [3.63, 3.8) is 0 Å². The van der Waals surface area contributed by atoms with Crippen molar-refractivity contribution in [2.75, 3.05) is 6.54 Å². The molecule has 0 aliphatic carbocycles. The maximum atomic E-state index is 12.3. The van der Waals surface area contributed by atoms with Gasteiger partial charge in [-0.2, -0.15) is 0 Å². The number of thiophene rings is 1. The molecule has 5 heteroatoms. The predicted octanol–water partition coefficient (Wildman–Crippen LogP) is 3.85. The largest absolute Gasteiger partial charge is 0.337 e. The fourth-order valence-corrected chi connectivity index (χ4v) is 4.84. The van der Waals surface area contributed by atoms with E-state index in [-0.39, 0.29) is 18.1 Å². The van der Waals surface area contributed by atoms with E-state index in [1.54, 1.807) is 11.3 Å². The van der Waals surface area contributed by atoms with Crippen molar-refractivity contribution in [1.82, 2.24) is 16.0 Å². The highest BCUT2D eigenvalue weighted by Crippen LogP contribution is 2.26. The number of hydrogen-bond acceptors (Lipinski definition) is 3. The first-order chi connectivity index (χ1) is 13.2. The number of fused-ring (bicyclic) bond motifs is 2. The number of hydrogen-bond donors (Lipinski definition) is 3. The van der Waals surface area contributed by atoms with Gasteiger partial charge >= 0.3 is 6.03 Å². The molecule has 1 aromatic heterocycles. The minimum atomic E-state index is -0.0933. The summed E-state index contributed by atoms with van der Waals surface area (Å²) in [6.45, 7) is 3.56. The van der Waals surface area contributed by atoms with E-state index in [1.165, 1.54) is 26.1 Å². The van der Waals surface area contributed by atoms with Gasteiger partial charge in [0.1, 0.15) is 0 Å². The first kappa shape index (κ1) is 18.0. The molecule has 2 atom stereocenters.